The fourth-order valence-corrected chi connectivity index (χ4v) is 2.81. The molecule has 0 unspecified atom stereocenters. The molecular formula is C21H29F2IN4O2. The van der Waals surface area contributed by atoms with Gasteiger partial charge in [-0.05, 0) is 38.8 Å². The second-order valence-electron chi connectivity index (χ2n) is 6.55. The lowest BCUT2D eigenvalue weighted by atomic mass is 10.1. The molecule has 9 heteroatoms. The van der Waals surface area contributed by atoms with Crippen molar-refractivity contribution in [2.75, 3.05) is 13.1 Å². The Morgan fingerprint density at radius 2 is 2.00 bits per heavy atom. The predicted molar refractivity (Wildman–Crippen MR) is 126 cm³/mol. The maximum Gasteiger partial charge on any atom is 0.387 e. The molecule has 0 aliphatic rings. The molecule has 0 saturated carbocycles. The van der Waals surface area contributed by atoms with Crippen LogP contribution in [0, 0.1) is 6.92 Å². The summed E-state index contributed by atoms with van der Waals surface area (Å²) in [5.41, 5.74) is 1.55. The number of nitrogens with zero attached hydrogens (tertiary/aromatic N) is 2. The second kappa shape index (κ2) is 13.9. The van der Waals surface area contributed by atoms with Gasteiger partial charge in [0.1, 0.15) is 5.75 Å². The van der Waals surface area contributed by atoms with Gasteiger partial charge in [-0.3, -0.25) is 4.79 Å². The molecule has 0 radical (unpaired) electrons. The average molecular weight is 534 g/mol. The number of halogens is 3. The number of rotatable bonds is 10. The van der Waals surface area contributed by atoms with Gasteiger partial charge in [0.05, 0.1) is 6.54 Å². The molecule has 0 fully saturated rings. The summed E-state index contributed by atoms with van der Waals surface area (Å²) in [6.07, 6.45) is 3.48. The number of guanidine groups is 1. The van der Waals surface area contributed by atoms with Gasteiger partial charge in [0.25, 0.3) is 0 Å². The highest BCUT2D eigenvalue weighted by Gasteiger charge is 2.10. The Kier molecular flexibility index (Phi) is 12.0. The molecule has 2 N–H and O–H groups in total. The van der Waals surface area contributed by atoms with Gasteiger partial charge in [-0.15, -0.1) is 24.0 Å². The summed E-state index contributed by atoms with van der Waals surface area (Å²) in [4.78, 5) is 16.2. The third kappa shape index (κ3) is 9.10. The molecule has 0 atom stereocenters. The van der Waals surface area contributed by atoms with Crippen LogP contribution in [0.2, 0.25) is 0 Å². The second-order valence-corrected chi connectivity index (χ2v) is 6.55. The number of hydrogen-bond acceptors (Lipinski definition) is 3. The molecule has 30 heavy (non-hydrogen) atoms. The van der Waals surface area contributed by atoms with E-state index in [1.165, 1.54) is 6.07 Å². The Bertz CT molecular complexity index is 859. The molecule has 6 nitrogen and oxygen atoms in total. The van der Waals surface area contributed by atoms with E-state index in [2.05, 4.69) is 20.4 Å². The maximum absolute atomic E-state index is 12.6. The zero-order valence-corrected chi connectivity index (χ0v) is 19.6. The number of benzene rings is 1. The third-order valence-electron chi connectivity index (χ3n) is 4.20. The summed E-state index contributed by atoms with van der Waals surface area (Å²) < 4.78 is 31.5. The summed E-state index contributed by atoms with van der Waals surface area (Å²) in [6, 6.07) is 10.2. The number of aryl methyl sites for hydroxylation is 2. The van der Waals surface area contributed by atoms with Gasteiger partial charge in [0.15, 0.2) is 5.96 Å². The maximum atomic E-state index is 12.6. The number of alkyl halides is 2. The van der Waals surface area contributed by atoms with Gasteiger partial charge in [0, 0.05) is 37.5 Å². The van der Waals surface area contributed by atoms with Crippen LogP contribution in [0.15, 0.2) is 52.4 Å². The Labute approximate surface area is 192 Å². The normalized spacial score (nSPS) is 11.2. The van der Waals surface area contributed by atoms with E-state index in [0.717, 1.165) is 18.4 Å². The van der Waals surface area contributed by atoms with Crippen molar-refractivity contribution < 1.29 is 13.5 Å². The SMILES string of the molecule is CCNC(=NCc1cc(C)ccc1OC(F)F)NCCCCn1ccccc1=O.I. The van der Waals surface area contributed by atoms with Crippen LogP contribution in [-0.2, 0) is 13.1 Å². The van der Waals surface area contributed by atoms with Gasteiger partial charge in [-0.25, -0.2) is 4.99 Å². The molecule has 0 saturated heterocycles. The smallest absolute Gasteiger partial charge is 0.387 e. The van der Waals surface area contributed by atoms with E-state index in [1.807, 2.05) is 19.9 Å². The molecule has 0 amide bonds. The summed E-state index contributed by atoms with van der Waals surface area (Å²) >= 11 is 0. The molecule has 0 bridgehead atoms. The summed E-state index contributed by atoms with van der Waals surface area (Å²) in [5, 5.41) is 6.37. The highest BCUT2D eigenvalue weighted by molar-refractivity contribution is 14.0. The zero-order valence-electron chi connectivity index (χ0n) is 17.2. The number of ether oxygens (including phenoxy) is 1. The largest absolute Gasteiger partial charge is 0.434 e. The number of hydrogen-bond donors (Lipinski definition) is 2. The lowest BCUT2D eigenvalue weighted by Gasteiger charge is -2.13. The molecule has 166 valence electrons. The summed E-state index contributed by atoms with van der Waals surface area (Å²) in [7, 11) is 0. The van der Waals surface area contributed by atoms with Crippen molar-refractivity contribution in [1.29, 1.82) is 0 Å². The van der Waals surface area contributed by atoms with Gasteiger partial charge in [-0.1, -0.05) is 23.8 Å². The molecule has 0 spiro atoms. The standard InChI is InChI=1S/C21H28F2N4O2.HI/c1-3-24-21(25-11-5-7-13-27-12-6-4-8-19(27)28)26-15-17-14-16(2)9-10-18(17)29-20(22)23;/h4,6,8-10,12,14,20H,3,5,7,11,13,15H2,1-2H3,(H2,24,25,26);1H. The number of unbranched alkanes of at least 4 members (excludes halogenated alkanes) is 1. The van der Waals surface area contributed by atoms with Gasteiger partial charge >= 0.3 is 6.61 Å². The summed E-state index contributed by atoms with van der Waals surface area (Å²) in [5.74, 6) is 0.743. The van der Waals surface area contributed by atoms with E-state index in [0.29, 0.717) is 31.2 Å². The van der Waals surface area contributed by atoms with Crippen molar-refractivity contribution in [3.05, 3.63) is 64.1 Å². The first-order chi connectivity index (χ1) is 14.0. The van der Waals surface area contributed by atoms with E-state index in [-0.39, 0.29) is 41.8 Å². The lowest BCUT2D eigenvalue weighted by molar-refractivity contribution is -0.0504. The highest BCUT2D eigenvalue weighted by atomic mass is 127. The zero-order chi connectivity index (χ0) is 21.1. The van der Waals surface area contributed by atoms with Crippen molar-refractivity contribution in [3.63, 3.8) is 0 Å². The van der Waals surface area contributed by atoms with Crippen molar-refractivity contribution >= 4 is 29.9 Å². The molecule has 1 aromatic carbocycles. The van der Waals surface area contributed by atoms with Crippen molar-refractivity contribution in [2.45, 2.75) is 46.4 Å². The van der Waals surface area contributed by atoms with E-state index in [9.17, 15) is 13.6 Å². The molecule has 1 heterocycles. The average Bonchev–Trinajstić information content (AvgIpc) is 2.68. The minimum absolute atomic E-state index is 0. The minimum atomic E-state index is -2.87. The molecule has 0 aliphatic carbocycles. The number of nitrogens with one attached hydrogen (secondary N) is 2. The van der Waals surface area contributed by atoms with Crippen molar-refractivity contribution in [2.24, 2.45) is 4.99 Å². The Morgan fingerprint density at radius 1 is 1.20 bits per heavy atom. The van der Waals surface area contributed by atoms with Crippen LogP contribution in [0.3, 0.4) is 0 Å². The Morgan fingerprint density at radius 3 is 2.70 bits per heavy atom. The molecule has 2 rings (SSSR count). The van der Waals surface area contributed by atoms with Crippen LogP contribution >= 0.6 is 24.0 Å². The van der Waals surface area contributed by atoms with Crippen LogP contribution in [-0.4, -0.2) is 30.2 Å². The minimum Gasteiger partial charge on any atom is -0.434 e. The third-order valence-corrected chi connectivity index (χ3v) is 4.20. The highest BCUT2D eigenvalue weighted by Crippen LogP contribution is 2.22. The van der Waals surface area contributed by atoms with Gasteiger partial charge < -0.3 is 19.9 Å². The van der Waals surface area contributed by atoms with Crippen LogP contribution < -0.4 is 20.9 Å². The van der Waals surface area contributed by atoms with Crippen LogP contribution in [0.25, 0.3) is 0 Å². The van der Waals surface area contributed by atoms with E-state index >= 15 is 0 Å². The fourth-order valence-electron chi connectivity index (χ4n) is 2.81. The number of aromatic nitrogens is 1. The Balaban J connectivity index is 0.00000450. The van der Waals surface area contributed by atoms with E-state index < -0.39 is 6.61 Å². The first kappa shape index (κ1) is 25.9. The number of aliphatic imine (C=N–C) groups is 1. The fraction of sp³-hybridized carbons (Fsp3) is 0.429. The quantitative estimate of drug-likeness (QED) is 0.210. The first-order valence-electron chi connectivity index (χ1n) is 9.71. The molecular weight excluding hydrogens is 505 g/mol. The van der Waals surface area contributed by atoms with Gasteiger partial charge in [-0.2, -0.15) is 8.78 Å². The topological polar surface area (TPSA) is 67.7 Å². The van der Waals surface area contributed by atoms with Crippen molar-refractivity contribution in [3.8, 4) is 5.75 Å². The van der Waals surface area contributed by atoms with Gasteiger partial charge in [0.2, 0.25) is 5.56 Å². The monoisotopic (exact) mass is 534 g/mol. The van der Waals surface area contributed by atoms with E-state index in [1.54, 1.807) is 35.0 Å². The lowest BCUT2D eigenvalue weighted by Crippen LogP contribution is -2.37. The van der Waals surface area contributed by atoms with Crippen LogP contribution in [0.4, 0.5) is 8.78 Å². The number of pyridine rings is 1. The van der Waals surface area contributed by atoms with Crippen molar-refractivity contribution in [1.82, 2.24) is 15.2 Å². The van der Waals surface area contributed by atoms with Crippen LogP contribution in [0.1, 0.15) is 30.9 Å². The molecule has 0 aliphatic heterocycles. The predicted octanol–water partition coefficient (Wildman–Crippen LogP) is 3.91. The Hall–Kier alpha value is -2.17. The summed E-state index contributed by atoms with van der Waals surface area (Å²) in [6.45, 7) is 3.22. The van der Waals surface area contributed by atoms with E-state index in [4.69, 9.17) is 0 Å². The molecule has 2 aromatic rings. The first-order valence-corrected chi connectivity index (χ1v) is 9.71. The van der Waals surface area contributed by atoms with Crippen LogP contribution in [0.5, 0.6) is 5.75 Å². The molecule has 1 aromatic heterocycles.